The van der Waals surface area contributed by atoms with Crippen LogP contribution in [0.2, 0.25) is 0 Å². The molecule has 2 aliphatic rings. The molecule has 1 heterocycles. The minimum Gasteiger partial charge on any atom is -0.481 e. The van der Waals surface area contributed by atoms with E-state index in [1.54, 1.807) is 7.11 Å². The molecule has 0 unspecified atom stereocenters. The first kappa shape index (κ1) is 7.53. The summed E-state index contributed by atoms with van der Waals surface area (Å²) < 4.78 is 5.21. The molecule has 0 amide bonds. The van der Waals surface area contributed by atoms with E-state index in [9.17, 15) is 0 Å². The van der Waals surface area contributed by atoms with E-state index < -0.39 is 0 Å². The molecule has 0 radical (unpaired) electrons. The fraction of sp³-hybridized carbons (Fsp3) is 0.556. The van der Waals surface area contributed by atoms with Crippen molar-refractivity contribution in [3.8, 4) is 0 Å². The second-order valence-corrected chi connectivity index (χ2v) is 3.26. The lowest BCUT2D eigenvalue weighted by atomic mass is 10.4. The fourth-order valence-corrected chi connectivity index (χ4v) is 1.31. The molecular formula is C9H14N2O. The molecule has 0 spiro atoms. The quantitative estimate of drug-likeness (QED) is 0.682. The van der Waals surface area contributed by atoms with Gasteiger partial charge in [0.1, 0.15) is 0 Å². The third-order valence-corrected chi connectivity index (χ3v) is 2.20. The van der Waals surface area contributed by atoms with Crippen LogP contribution in [0.3, 0.4) is 0 Å². The van der Waals surface area contributed by atoms with Gasteiger partial charge in [-0.2, -0.15) is 0 Å². The molecule has 0 aromatic carbocycles. The van der Waals surface area contributed by atoms with Crippen molar-refractivity contribution < 1.29 is 4.74 Å². The number of rotatable bonds is 3. The topological polar surface area (TPSA) is 24.5 Å². The Bertz CT molecular complexity index is 219. The van der Waals surface area contributed by atoms with Crippen LogP contribution >= 0.6 is 0 Å². The van der Waals surface area contributed by atoms with Crippen LogP contribution < -0.4 is 5.32 Å². The summed E-state index contributed by atoms with van der Waals surface area (Å²) in [4.78, 5) is 2.15. The van der Waals surface area contributed by atoms with Crippen LogP contribution in [0, 0.1) is 5.92 Å². The minimum atomic E-state index is 0.881. The predicted molar refractivity (Wildman–Crippen MR) is 46.8 cm³/mol. The molecular weight excluding hydrogens is 152 g/mol. The molecule has 3 nitrogen and oxygen atoms in total. The Morgan fingerprint density at radius 3 is 3.17 bits per heavy atom. The zero-order valence-electron chi connectivity index (χ0n) is 7.29. The molecule has 3 heteroatoms. The Kier molecular flexibility index (Phi) is 1.94. The third kappa shape index (κ3) is 1.55. The van der Waals surface area contributed by atoms with Crippen molar-refractivity contribution in [1.82, 2.24) is 10.2 Å². The molecule has 1 aliphatic heterocycles. The second-order valence-electron chi connectivity index (χ2n) is 3.26. The Hall–Kier alpha value is -1.12. The normalized spacial score (nSPS) is 21.8. The average Bonchev–Trinajstić information content (AvgIpc) is 2.89. The standard InChI is InChI=1S/C9H14N2O/c1-12-9-6-10-4-5-11(9)7-8-2-3-8/h4-6,8,10H,2-3,7H2,1H3. The van der Waals surface area contributed by atoms with Gasteiger partial charge in [-0.15, -0.1) is 0 Å². The van der Waals surface area contributed by atoms with Crippen molar-refractivity contribution >= 4 is 0 Å². The molecule has 0 aromatic heterocycles. The van der Waals surface area contributed by atoms with Crippen molar-refractivity contribution in [2.24, 2.45) is 5.92 Å². The summed E-state index contributed by atoms with van der Waals surface area (Å²) >= 11 is 0. The molecule has 12 heavy (non-hydrogen) atoms. The molecule has 1 saturated carbocycles. The first-order valence-electron chi connectivity index (χ1n) is 4.33. The van der Waals surface area contributed by atoms with Gasteiger partial charge in [-0.1, -0.05) is 0 Å². The molecule has 1 N–H and O–H groups in total. The number of nitrogens with one attached hydrogen (secondary N) is 1. The maximum absolute atomic E-state index is 5.21. The molecule has 1 aliphatic carbocycles. The molecule has 0 saturated heterocycles. The Balaban J connectivity index is 1.95. The zero-order chi connectivity index (χ0) is 8.39. The van der Waals surface area contributed by atoms with E-state index in [1.165, 1.54) is 12.8 Å². The van der Waals surface area contributed by atoms with E-state index in [2.05, 4.69) is 10.2 Å². The predicted octanol–water partition coefficient (Wildman–Crippen LogP) is 1.22. The maximum atomic E-state index is 5.21. The van der Waals surface area contributed by atoms with Gasteiger partial charge in [-0.3, -0.25) is 0 Å². The highest BCUT2D eigenvalue weighted by Gasteiger charge is 2.25. The first-order valence-corrected chi connectivity index (χ1v) is 4.33. The van der Waals surface area contributed by atoms with Crippen LogP contribution in [0.1, 0.15) is 12.8 Å². The lowest BCUT2D eigenvalue weighted by Crippen LogP contribution is -2.25. The molecule has 1 fully saturated rings. The van der Waals surface area contributed by atoms with Gasteiger partial charge < -0.3 is 15.0 Å². The second kappa shape index (κ2) is 3.09. The van der Waals surface area contributed by atoms with Gasteiger partial charge in [0.25, 0.3) is 0 Å². The van der Waals surface area contributed by atoms with Crippen LogP contribution in [0.4, 0.5) is 0 Å². The number of hydrogen-bond donors (Lipinski definition) is 1. The van der Waals surface area contributed by atoms with Crippen molar-refractivity contribution in [3.63, 3.8) is 0 Å². The maximum Gasteiger partial charge on any atom is 0.209 e. The third-order valence-electron chi connectivity index (χ3n) is 2.20. The number of methoxy groups -OCH3 is 1. The van der Waals surface area contributed by atoms with E-state index in [0.717, 1.165) is 18.3 Å². The van der Waals surface area contributed by atoms with Crippen LogP contribution in [0.25, 0.3) is 0 Å². The number of nitrogens with zero attached hydrogens (tertiary/aromatic N) is 1. The summed E-state index contributed by atoms with van der Waals surface area (Å²) in [5.74, 6) is 1.79. The van der Waals surface area contributed by atoms with E-state index in [-0.39, 0.29) is 0 Å². The Labute approximate surface area is 72.7 Å². The molecule has 2 rings (SSSR count). The molecule has 0 bridgehead atoms. The van der Waals surface area contributed by atoms with Gasteiger partial charge in [0.05, 0.1) is 13.3 Å². The monoisotopic (exact) mass is 166 g/mol. The van der Waals surface area contributed by atoms with E-state index in [4.69, 9.17) is 4.74 Å². The highest BCUT2D eigenvalue weighted by molar-refractivity contribution is 5.06. The highest BCUT2D eigenvalue weighted by Crippen LogP contribution is 2.31. The summed E-state index contributed by atoms with van der Waals surface area (Å²) in [7, 11) is 1.70. The van der Waals surface area contributed by atoms with Crippen molar-refractivity contribution in [2.75, 3.05) is 13.7 Å². The summed E-state index contributed by atoms with van der Waals surface area (Å²) in [6.07, 6.45) is 8.56. The van der Waals surface area contributed by atoms with Crippen LogP contribution in [-0.2, 0) is 4.74 Å². The lowest BCUT2D eigenvalue weighted by Gasteiger charge is -2.24. The smallest absolute Gasteiger partial charge is 0.209 e. The van der Waals surface area contributed by atoms with Gasteiger partial charge in [-0.25, -0.2) is 0 Å². The average molecular weight is 166 g/mol. The largest absolute Gasteiger partial charge is 0.481 e. The number of ether oxygens (including phenoxy) is 1. The fourth-order valence-electron chi connectivity index (χ4n) is 1.31. The summed E-state index contributed by atoms with van der Waals surface area (Å²) in [5.41, 5.74) is 0. The van der Waals surface area contributed by atoms with Crippen LogP contribution in [0.5, 0.6) is 0 Å². The van der Waals surface area contributed by atoms with E-state index in [0.29, 0.717) is 0 Å². The zero-order valence-corrected chi connectivity index (χ0v) is 7.29. The van der Waals surface area contributed by atoms with Crippen LogP contribution in [0.15, 0.2) is 24.5 Å². The minimum absolute atomic E-state index is 0.881. The van der Waals surface area contributed by atoms with E-state index >= 15 is 0 Å². The molecule has 0 atom stereocenters. The first-order chi connectivity index (χ1) is 5.90. The van der Waals surface area contributed by atoms with Gasteiger partial charge in [0.2, 0.25) is 5.88 Å². The van der Waals surface area contributed by atoms with Gasteiger partial charge in [0, 0.05) is 18.9 Å². The van der Waals surface area contributed by atoms with Gasteiger partial charge >= 0.3 is 0 Å². The van der Waals surface area contributed by atoms with Crippen molar-refractivity contribution in [3.05, 3.63) is 24.5 Å². The highest BCUT2D eigenvalue weighted by atomic mass is 16.5. The lowest BCUT2D eigenvalue weighted by molar-refractivity contribution is 0.179. The van der Waals surface area contributed by atoms with Crippen molar-refractivity contribution in [2.45, 2.75) is 12.8 Å². The van der Waals surface area contributed by atoms with Gasteiger partial charge in [-0.05, 0) is 18.8 Å². The SMILES string of the molecule is COC1=CNC=CN1CC1CC1. The summed E-state index contributed by atoms with van der Waals surface area (Å²) in [5, 5.41) is 3.00. The summed E-state index contributed by atoms with van der Waals surface area (Å²) in [6.45, 7) is 1.10. The van der Waals surface area contributed by atoms with E-state index in [1.807, 2.05) is 18.6 Å². The molecule has 66 valence electrons. The van der Waals surface area contributed by atoms with Crippen molar-refractivity contribution in [1.29, 1.82) is 0 Å². The van der Waals surface area contributed by atoms with Gasteiger partial charge in [0.15, 0.2) is 0 Å². The Morgan fingerprint density at radius 1 is 1.67 bits per heavy atom. The van der Waals surface area contributed by atoms with Crippen LogP contribution in [-0.4, -0.2) is 18.6 Å². The molecule has 0 aromatic rings. The number of hydrogen-bond acceptors (Lipinski definition) is 3. The Morgan fingerprint density at radius 2 is 2.50 bits per heavy atom. The summed E-state index contributed by atoms with van der Waals surface area (Å²) in [6, 6.07) is 0.